The minimum absolute atomic E-state index is 0.127. The molecular weight excluding hydrogens is 1550 g/mol. The topological polar surface area (TPSA) is 103 Å². The molecule has 0 atom stereocenters. The van der Waals surface area contributed by atoms with Gasteiger partial charge in [-0.25, -0.2) is 0 Å². The molecule has 14 aromatic rings. The molecule has 6 aromatic carbocycles. The minimum atomic E-state index is -0.472. The Balaban J connectivity index is 0.000000157. The fourth-order valence-electron chi connectivity index (χ4n) is 10.6. The van der Waals surface area contributed by atoms with Gasteiger partial charge in [-0.2, -0.15) is 0 Å². The summed E-state index contributed by atoms with van der Waals surface area (Å²) in [7, 11) is 9.75. The van der Waals surface area contributed by atoms with Crippen LogP contribution in [0.15, 0.2) is 340 Å². The molecule has 0 bridgehead atoms. The van der Waals surface area contributed by atoms with Crippen LogP contribution in [0.5, 0.6) is 0 Å². The molecule has 0 spiro atoms. The molecule has 8 heterocycles. The van der Waals surface area contributed by atoms with Crippen LogP contribution in [0.3, 0.4) is 0 Å². The molecule has 0 aliphatic heterocycles. The number of pyridine rings is 8. The van der Waals surface area contributed by atoms with Crippen LogP contribution in [-0.2, 0) is 40.6 Å². The molecule has 486 valence electrons. The van der Waals surface area contributed by atoms with Gasteiger partial charge in [0.25, 0.3) is 0 Å². The van der Waals surface area contributed by atoms with Crippen LogP contribution in [0, 0.1) is 0 Å². The third-order valence-corrected chi connectivity index (χ3v) is 15.8. The summed E-state index contributed by atoms with van der Waals surface area (Å²) in [5.41, 5.74) is 20.2. The molecular formula is C84H72Cl3IN8Pt. The third-order valence-electron chi connectivity index (χ3n) is 15.6. The van der Waals surface area contributed by atoms with E-state index in [0.29, 0.717) is 12.3 Å². The van der Waals surface area contributed by atoms with Gasteiger partial charge in [-0.1, -0.05) is 260 Å². The fourth-order valence-corrected chi connectivity index (χ4v) is 10.8. The van der Waals surface area contributed by atoms with Crippen molar-refractivity contribution in [1.82, 2.24) is 39.9 Å². The summed E-state index contributed by atoms with van der Waals surface area (Å²) < 4.78 is 0. The molecule has 0 radical (unpaired) electrons. The van der Waals surface area contributed by atoms with Crippen LogP contribution < -0.4 is 0 Å². The number of alkyl halides is 2. The van der Waals surface area contributed by atoms with E-state index in [1.165, 1.54) is 0 Å². The second kappa shape index (κ2) is 39.1. The van der Waals surface area contributed by atoms with Crippen molar-refractivity contribution in [3.63, 3.8) is 0 Å². The molecule has 97 heavy (non-hydrogen) atoms. The summed E-state index contributed by atoms with van der Waals surface area (Å²) in [6.45, 7) is 4.38. The van der Waals surface area contributed by atoms with E-state index in [2.05, 4.69) is 222 Å². The van der Waals surface area contributed by atoms with Crippen LogP contribution >= 0.6 is 53.0 Å². The third kappa shape index (κ3) is 21.7. The maximum absolute atomic E-state index is 5.46. The van der Waals surface area contributed by atoms with Crippen molar-refractivity contribution in [2.45, 2.75) is 43.9 Å². The van der Waals surface area contributed by atoms with Crippen LogP contribution in [-0.4, -0.2) is 44.8 Å². The minimum Gasteiger partial charge on any atom is -0.252 e. The number of aromatic nitrogens is 8. The monoisotopic (exact) mass is 1620 g/mol. The van der Waals surface area contributed by atoms with Gasteiger partial charge in [0.1, 0.15) is 0 Å². The summed E-state index contributed by atoms with van der Waals surface area (Å²) in [5, 5.41) is 0. The number of nitrogens with zero attached hydrogens (tertiary/aromatic N) is 8. The first-order valence-electron chi connectivity index (χ1n) is 31.5. The van der Waals surface area contributed by atoms with Gasteiger partial charge in [-0.05, 0) is 109 Å². The second-order valence-corrected chi connectivity index (χ2v) is 25.7. The van der Waals surface area contributed by atoms with Crippen molar-refractivity contribution in [3.05, 3.63) is 386 Å². The van der Waals surface area contributed by atoms with Crippen molar-refractivity contribution in [3.8, 4) is 67.5 Å². The average molecular weight is 1620 g/mol. The normalized spacial score (nSPS) is 10.5. The van der Waals surface area contributed by atoms with E-state index in [9.17, 15) is 0 Å². The Morgan fingerprint density at radius 3 is 0.887 bits per heavy atom. The van der Waals surface area contributed by atoms with E-state index in [1.807, 2.05) is 163 Å². The van der Waals surface area contributed by atoms with E-state index in [4.69, 9.17) is 60.3 Å². The Hall–Kier alpha value is -9.19. The molecule has 0 unspecified atom stereocenters. The Morgan fingerprint density at radius 2 is 0.588 bits per heavy atom. The van der Waals surface area contributed by atoms with E-state index >= 15 is 0 Å². The number of halogens is 4. The van der Waals surface area contributed by atoms with E-state index in [1.54, 1.807) is 6.20 Å². The molecule has 13 heteroatoms. The van der Waals surface area contributed by atoms with Gasteiger partial charge in [0.15, 0.2) is 0 Å². The molecule has 0 amide bonds. The van der Waals surface area contributed by atoms with Gasteiger partial charge < -0.3 is 0 Å². The van der Waals surface area contributed by atoms with Crippen molar-refractivity contribution >= 4 is 53.0 Å². The zero-order valence-electron chi connectivity index (χ0n) is 53.9. The number of hydrogen-bond donors (Lipinski definition) is 0. The van der Waals surface area contributed by atoms with Crippen molar-refractivity contribution in [2.24, 2.45) is 0 Å². The number of rotatable bonds is 15. The zero-order valence-corrected chi connectivity index (χ0v) is 60.6. The predicted octanol–water partition coefficient (Wildman–Crippen LogP) is 22.4. The first-order valence-corrected chi connectivity index (χ1v) is 39.8. The molecule has 0 aliphatic carbocycles. The number of benzene rings is 6. The van der Waals surface area contributed by atoms with Gasteiger partial charge in [-0.15, -0.1) is 11.6 Å². The maximum atomic E-state index is 5.46. The molecule has 0 fully saturated rings. The fraction of sp³-hybridized carbons (Fsp3) is 0.0952. The van der Waals surface area contributed by atoms with Crippen LogP contribution in [0.4, 0.5) is 0 Å². The molecule has 0 N–H and O–H groups in total. The van der Waals surface area contributed by atoms with Gasteiger partial charge in [-0.3, -0.25) is 39.9 Å². The number of hydrogen-bond acceptors (Lipinski definition) is 8. The summed E-state index contributed by atoms with van der Waals surface area (Å²) in [5.74, 6) is 0.628. The van der Waals surface area contributed by atoms with Crippen molar-refractivity contribution in [1.29, 1.82) is 0 Å². The summed E-state index contributed by atoms with van der Waals surface area (Å²) in [6.07, 6.45) is 5.00. The Bertz CT molecular complexity index is 4310. The van der Waals surface area contributed by atoms with E-state index in [-0.39, 0.29) is 5.92 Å². The molecule has 0 aliphatic rings. The smallest absolute Gasteiger partial charge is 0.0705 e. The molecule has 14 rings (SSSR count). The van der Waals surface area contributed by atoms with Crippen LogP contribution in [0.2, 0.25) is 0 Å². The molecule has 8 aromatic heterocycles. The Morgan fingerprint density at radius 1 is 0.320 bits per heavy atom. The maximum Gasteiger partial charge on any atom is 0.0705 e. The second-order valence-electron chi connectivity index (χ2n) is 22.2. The summed E-state index contributed by atoms with van der Waals surface area (Å²) >= 11 is 7.14. The van der Waals surface area contributed by atoms with Gasteiger partial charge in [0.05, 0.1) is 62.5 Å². The van der Waals surface area contributed by atoms with Crippen molar-refractivity contribution in [2.75, 3.05) is 4.93 Å². The van der Waals surface area contributed by atoms with Gasteiger partial charge in [0.2, 0.25) is 0 Å². The summed E-state index contributed by atoms with van der Waals surface area (Å²) in [4.78, 5) is 40.2. The largest absolute Gasteiger partial charge is 0.252 e. The molecule has 0 saturated carbocycles. The van der Waals surface area contributed by atoms with Crippen molar-refractivity contribution < 1.29 is 16.5 Å². The zero-order chi connectivity index (χ0) is 67.7. The van der Waals surface area contributed by atoms with Gasteiger partial charge in [0, 0.05) is 93.0 Å². The Labute approximate surface area is 606 Å². The summed E-state index contributed by atoms with van der Waals surface area (Å²) in [6, 6.07) is 111. The average Bonchev–Trinajstić information content (AvgIpc) is 0.834. The predicted molar refractivity (Wildman–Crippen MR) is 408 cm³/mol. The van der Waals surface area contributed by atoms with Crippen LogP contribution in [0.1, 0.15) is 65.3 Å². The first kappa shape index (κ1) is 72.1. The molecule has 0 saturated heterocycles. The molecule has 8 nitrogen and oxygen atoms in total. The first-order chi connectivity index (χ1) is 47.8. The van der Waals surface area contributed by atoms with E-state index < -0.39 is 21.9 Å². The Kier molecular flexibility index (Phi) is 29.1. The van der Waals surface area contributed by atoms with E-state index in [0.717, 1.165) is 120 Å². The SMILES string of the molecule is CC(Cc1ccccn1)(c1cccc(-c2ccccc2)n1)c1cccc(-c2ccccc2)n1.CC(c1cccc(-c2ccccc2)n1)c1cccc(-c2ccccc2)n1.CI.ClCc1ccccn1.[Cl][Pt][Cl].c1ccc(-c2cccc(Cc3cccc(-c4ccccc4)n3)n2)cc1. The van der Waals surface area contributed by atoms with Gasteiger partial charge >= 0.3 is 35.3 Å². The standard InChI is InChI=1S/C30H25N3.C24H20N2.C23H18N2.C6H6ClN.CH3I.2ClH.Pt/c1-30(22-25-16-8-9-21-31-25,28-19-10-17-26(32-28)23-12-4-2-5-13-23)29-20-11-18-27(33-29)24-14-6-3-7-15-24;1-18(21-14-8-16-23(25-21)19-10-4-2-5-11-19)22-15-9-17-24(26-22)20-12-6-3-7-13-20;1-3-9-18(10-4-1)22-15-7-13-20(24-22)17-21-14-8-16-23(25-21)19-11-5-2-6-12-19;7-5-6-3-1-2-4-8-6;1-2;;;/h2-21H,22H2,1H3;2-18H,1H3;1-16H,17H2;1-4H,5H2;1H3;2*1H;/q;;;;;;;+2/p-2. The van der Waals surface area contributed by atoms with Crippen LogP contribution in [0.25, 0.3) is 67.5 Å². The quantitative estimate of drug-likeness (QED) is 0.0739.